The molecule has 0 aliphatic heterocycles. The number of hydrogen-bond acceptors (Lipinski definition) is 2. The van der Waals surface area contributed by atoms with Gasteiger partial charge in [0.25, 0.3) is 0 Å². The van der Waals surface area contributed by atoms with Crippen LogP contribution in [0.5, 0.6) is 0 Å². The summed E-state index contributed by atoms with van der Waals surface area (Å²) in [5, 5.41) is 0. The van der Waals surface area contributed by atoms with Gasteiger partial charge in [-0.3, -0.25) is 4.79 Å². The molecule has 0 atom stereocenters. The molecule has 1 fully saturated rings. The number of rotatable bonds is 4. The van der Waals surface area contributed by atoms with Crippen molar-refractivity contribution in [3.8, 4) is 0 Å². The zero-order chi connectivity index (χ0) is 13.8. The molecule has 2 rings (SSSR count). The Labute approximate surface area is 112 Å². The fraction of sp³-hybridized carbons (Fsp3) is 0.533. The van der Waals surface area contributed by atoms with Crippen molar-refractivity contribution in [2.45, 2.75) is 32.1 Å². The molecule has 0 radical (unpaired) electrons. The molecule has 1 aliphatic carbocycles. The minimum Gasteiger partial charge on any atom is -0.330 e. The first-order chi connectivity index (χ1) is 9.11. The van der Waals surface area contributed by atoms with Crippen LogP contribution < -0.4 is 5.73 Å². The second-order valence-electron chi connectivity index (χ2n) is 5.31. The summed E-state index contributed by atoms with van der Waals surface area (Å²) in [6.45, 7) is 0.666. The molecule has 0 saturated heterocycles. The van der Waals surface area contributed by atoms with Crippen molar-refractivity contribution in [2.24, 2.45) is 17.6 Å². The summed E-state index contributed by atoms with van der Waals surface area (Å²) in [5.41, 5.74) is 5.77. The van der Waals surface area contributed by atoms with Crippen LogP contribution in [0, 0.1) is 23.5 Å². The molecule has 19 heavy (non-hydrogen) atoms. The lowest BCUT2D eigenvalue weighted by Crippen LogP contribution is -2.26. The first-order valence-corrected chi connectivity index (χ1v) is 6.77. The van der Waals surface area contributed by atoms with E-state index in [4.69, 9.17) is 5.73 Å². The number of Topliss-reactive ketones (excluding diaryl/α,β-unsaturated/α-hetero) is 1. The van der Waals surface area contributed by atoms with E-state index in [1.165, 1.54) is 12.1 Å². The smallest absolute Gasteiger partial charge is 0.162 e. The van der Waals surface area contributed by atoms with E-state index in [0.717, 1.165) is 31.7 Å². The highest BCUT2D eigenvalue weighted by Crippen LogP contribution is 2.29. The molecular weight excluding hydrogens is 248 g/mol. The minimum absolute atomic E-state index is 0.0123. The third kappa shape index (κ3) is 3.38. The Balaban J connectivity index is 1.96. The molecule has 2 N–H and O–H groups in total. The van der Waals surface area contributed by atoms with Crippen molar-refractivity contribution >= 4 is 5.78 Å². The van der Waals surface area contributed by atoms with E-state index in [-0.39, 0.29) is 23.7 Å². The van der Waals surface area contributed by atoms with Crippen molar-refractivity contribution in [1.29, 1.82) is 0 Å². The van der Waals surface area contributed by atoms with E-state index in [0.29, 0.717) is 12.5 Å². The monoisotopic (exact) mass is 267 g/mol. The zero-order valence-corrected chi connectivity index (χ0v) is 10.9. The van der Waals surface area contributed by atoms with Gasteiger partial charge in [0.1, 0.15) is 5.78 Å². The van der Waals surface area contributed by atoms with Crippen molar-refractivity contribution in [2.75, 3.05) is 6.54 Å². The van der Waals surface area contributed by atoms with E-state index in [2.05, 4.69) is 0 Å². The van der Waals surface area contributed by atoms with Gasteiger partial charge in [0.15, 0.2) is 11.6 Å². The Morgan fingerprint density at radius 2 is 1.89 bits per heavy atom. The summed E-state index contributed by atoms with van der Waals surface area (Å²) in [4.78, 5) is 12.1. The largest absolute Gasteiger partial charge is 0.330 e. The van der Waals surface area contributed by atoms with E-state index in [1.54, 1.807) is 0 Å². The molecule has 0 bridgehead atoms. The average molecular weight is 267 g/mol. The molecule has 0 heterocycles. The predicted molar refractivity (Wildman–Crippen MR) is 69.6 cm³/mol. The third-order valence-corrected chi connectivity index (χ3v) is 4.03. The van der Waals surface area contributed by atoms with Gasteiger partial charge < -0.3 is 5.73 Å². The standard InChI is InChI=1S/C15H19F2NO/c16-13-3-1-2-12(15(13)17)8-14(19)11-6-4-10(9-18)5-7-11/h1-3,10-11H,4-9,18H2. The van der Waals surface area contributed by atoms with Crippen LogP contribution in [0.15, 0.2) is 18.2 Å². The predicted octanol–water partition coefficient (Wildman–Crippen LogP) is 2.84. The Morgan fingerprint density at radius 3 is 2.53 bits per heavy atom. The van der Waals surface area contributed by atoms with Crippen LogP contribution in [-0.2, 0) is 11.2 Å². The lowest BCUT2D eigenvalue weighted by atomic mass is 9.79. The molecule has 0 unspecified atom stereocenters. The van der Waals surface area contributed by atoms with Crippen LogP contribution in [0.1, 0.15) is 31.2 Å². The zero-order valence-electron chi connectivity index (χ0n) is 10.9. The quantitative estimate of drug-likeness (QED) is 0.911. The minimum atomic E-state index is -0.897. The highest BCUT2D eigenvalue weighted by Gasteiger charge is 2.26. The summed E-state index contributed by atoms with van der Waals surface area (Å²) < 4.78 is 26.6. The summed E-state index contributed by atoms with van der Waals surface area (Å²) in [6, 6.07) is 3.98. The molecule has 1 aromatic rings. The van der Waals surface area contributed by atoms with E-state index in [9.17, 15) is 13.6 Å². The Bertz CT molecular complexity index is 453. The molecular formula is C15H19F2NO. The van der Waals surface area contributed by atoms with Crippen LogP contribution >= 0.6 is 0 Å². The van der Waals surface area contributed by atoms with Gasteiger partial charge in [-0.2, -0.15) is 0 Å². The Hall–Kier alpha value is -1.29. The third-order valence-electron chi connectivity index (χ3n) is 4.03. The number of halogens is 2. The van der Waals surface area contributed by atoms with Crippen molar-refractivity contribution < 1.29 is 13.6 Å². The van der Waals surface area contributed by atoms with Gasteiger partial charge in [0.2, 0.25) is 0 Å². The second-order valence-corrected chi connectivity index (χ2v) is 5.31. The summed E-state index contributed by atoms with van der Waals surface area (Å²) in [7, 11) is 0. The van der Waals surface area contributed by atoms with Crippen molar-refractivity contribution in [3.05, 3.63) is 35.4 Å². The highest BCUT2D eigenvalue weighted by atomic mass is 19.2. The Morgan fingerprint density at radius 1 is 1.21 bits per heavy atom. The lowest BCUT2D eigenvalue weighted by Gasteiger charge is -2.26. The van der Waals surface area contributed by atoms with Gasteiger partial charge in [-0.1, -0.05) is 12.1 Å². The lowest BCUT2D eigenvalue weighted by molar-refractivity contribution is -0.123. The SMILES string of the molecule is NCC1CCC(C(=O)Cc2cccc(F)c2F)CC1. The van der Waals surface area contributed by atoms with E-state index in [1.807, 2.05) is 0 Å². The number of nitrogens with two attached hydrogens (primary N) is 1. The van der Waals surface area contributed by atoms with Gasteiger partial charge in [0.05, 0.1) is 0 Å². The first-order valence-electron chi connectivity index (χ1n) is 6.77. The summed E-state index contributed by atoms with van der Waals surface area (Å²) >= 11 is 0. The van der Waals surface area contributed by atoms with E-state index >= 15 is 0 Å². The Kier molecular flexibility index (Phi) is 4.64. The molecule has 0 amide bonds. The molecule has 1 aliphatic rings. The summed E-state index contributed by atoms with van der Waals surface area (Å²) in [6.07, 6.45) is 3.54. The van der Waals surface area contributed by atoms with Crippen LogP contribution in [0.3, 0.4) is 0 Å². The van der Waals surface area contributed by atoms with Gasteiger partial charge in [0, 0.05) is 12.3 Å². The number of carbonyl (C=O) groups excluding carboxylic acids is 1. The first kappa shape index (κ1) is 14.1. The van der Waals surface area contributed by atoms with Crippen molar-refractivity contribution in [3.63, 3.8) is 0 Å². The molecule has 2 nitrogen and oxygen atoms in total. The number of carbonyl (C=O) groups is 1. The summed E-state index contributed by atoms with van der Waals surface area (Å²) in [5.74, 6) is -1.29. The van der Waals surface area contributed by atoms with Gasteiger partial charge in [-0.05, 0) is 49.8 Å². The molecule has 0 aromatic heterocycles. The van der Waals surface area contributed by atoms with Gasteiger partial charge >= 0.3 is 0 Å². The second kappa shape index (κ2) is 6.24. The molecule has 1 saturated carbocycles. The van der Waals surface area contributed by atoms with E-state index < -0.39 is 11.6 Å². The van der Waals surface area contributed by atoms with Crippen LogP contribution in [0.2, 0.25) is 0 Å². The van der Waals surface area contributed by atoms with Crippen LogP contribution in [0.4, 0.5) is 8.78 Å². The molecule has 104 valence electrons. The number of hydrogen-bond donors (Lipinski definition) is 1. The maximum Gasteiger partial charge on any atom is 0.162 e. The van der Waals surface area contributed by atoms with Crippen LogP contribution in [-0.4, -0.2) is 12.3 Å². The maximum absolute atomic E-state index is 13.5. The fourth-order valence-electron chi connectivity index (χ4n) is 2.74. The normalized spacial score (nSPS) is 23.3. The molecule has 1 aromatic carbocycles. The maximum atomic E-state index is 13.5. The molecule has 4 heteroatoms. The van der Waals surface area contributed by atoms with Crippen molar-refractivity contribution in [1.82, 2.24) is 0 Å². The van der Waals surface area contributed by atoms with Crippen LogP contribution in [0.25, 0.3) is 0 Å². The number of ketones is 1. The molecule has 0 spiro atoms. The highest BCUT2D eigenvalue weighted by molar-refractivity contribution is 5.83. The fourth-order valence-corrected chi connectivity index (χ4v) is 2.74. The van der Waals surface area contributed by atoms with Gasteiger partial charge in [-0.25, -0.2) is 8.78 Å². The topological polar surface area (TPSA) is 43.1 Å². The number of benzene rings is 1. The average Bonchev–Trinajstić information content (AvgIpc) is 2.44. The van der Waals surface area contributed by atoms with Gasteiger partial charge in [-0.15, -0.1) is 0 Å².